The van der Waals surface area contributed by atoms with Gasteiger partial charge in [-0.15, -0.1) is 0 Å². The number of para-hydroxylation sites is 1. The summed E-state index contributed by atoms with van der Waals surface area (Å²) < 4.78 is 28.4. The molecule has 0 aromatic heterocycles. The Balaban J connectivity index is 1.94. The third kappa shape index (κ3) is 5.66. The lowest BCUT2D eigenvalue weighted by atomic mass is 10.2. The largest absolute Gasteiger partial charge is 0.478 e. The minimum atomic E-state index is -4.43. The van der Waals surface area contributed by atoms with Crippen molar-refractivity contribution < 1.29 is 23.2 Å². The van der Waals surface area contributed by atoms with Crippen molar-refractivity contribution in [2.45, 2.75) is 4.90 Å². The number of hydrogen-bond acceptors (Lipinski definition) is 8. The highest BCUT2D eigenvalue weighted by molar-refractivity contribution is 7.93. The van der Waals surface area contributed by atoms with Crippen molar-refractivity contribution in [2.24, 2.45) is 5.10 Å². The molecule has 0 atom stereocenters. The standard InChI is InChI=1S/C22H21N5O6S/c1-26(2)16-9-7-15(8-10-16)14-23-24-20-12-11-17(27(30)31)13-21(20)34(32,33)25-19-6-4-3-5-18(19)22(28)29/h3-14,24-25H,1-2H3,(H,28,29)/b23-14-. The number of non-ortho nitro benzene ring substituents is 1. The highest BCUT2D eigenvalue weighted by atomic mass is 32.2. The van der Waals surface area contributed by atoms with Gasteiger partial charge in [0.25, 0.3) is 15.7 Å². The molecule has 0 spiro atoms. The zero-order valence-corrected chi connectivity index (χ0v) is 19.0. The summed E-state index contributed by atoms with van der Waals surface area (Å²) in [5.74, 6) is -1.33. The number of carbonyl (C=O) groups is 1. The minimum absolute atomic E-state index is 0.0351. The molecule has 0 saturated heterocycles. The Bertz CT molecular complexity index is 1350. The molecule has 3 N–H and O–H groups in total. The number of hydrazone groups is 1. The van der Waals surface area contributed by atoms with Gasteiger partial charge in [-0.05, 0) is 35.9 Å². The summed E-state index contributed by atoms with van der Waals surface area (Å²) in [6.45, 7) is 0. The molecule has 3 aromatic carbocycles. The van der Waals surface area contributed by atoms with Gasteiger partial charge in [-0.25, -0.2) is 13.2 Å². The summed E-state index contributed by atoms with van der Waals surface area (Å²) in [6, 6.07) is 16.0. The van der Waals surface area contributed by atoms with Gasteiger partial charge in [-0.1, -0.05) is 24.3 Å². The Morgan fingerprint density at radius 2 is 1.74 bits per heavy atom. The van der Waals surface area contributed by atoms with Crippen molar-refractivity contribution in [1.82, 2.24) is 0 Å². The molecule has 0 heterocycles. The quantitative estimate of drug-likeness (QED) is 0.237. The van der Waals surface area contributed by atoms with E-state index < -0.39 is 31.5 Å². The van der Waals surface area contributed by atoms with Crippen LogP contribution in [0.1, 0.15) is 15.9 Å². The van der Waals surface area contributed by atoms with Crippen molar-refractivity contribution >= 4 is 45.0 Å². The van der Waals surface area contributed by atoms with Gasteiger partial charge in [0.15, 0.2) is 0 Å². The summed E-state index contributed by atoms with van der Waals surface area (Å²) in [7, 11) is -0.612. The average molecular weight is 484 g/mol. The highest BCUT2D eigenvalue weighted by Gasteiger charge is 2.24. The number of nitrogens with one attached hydrogen (secondary N) is 2. The van der Waals surface area contributed by atoms with Crippen LogP contribution in [-0.2, 0) is 10.0 Å². The molecule has 0 aliphatic rings. The number of nitrogens with zero attached hydrogens (tertiary/aromatic N) is 3. The van der Waals surface area contributed by atoms with Crippen LogP contribution in [0.25, 0.3) is 0 Å². The topological polar surface area (TPSA) is 154 Å². The van der Waals surface area contributed by atoms with Gasteiger partial charge in [0.2, 0.25) is 0 Å². The van der Waals surface area contributed by atoms with Crippen LogP contribution in [0, 0.1) is 10.1 Å². The number of anilines is 3. The van der Waals surface area contributed by atoms with E-state index in [9.17, 15) is 28.4 Å². The van der Waals surface area contributed by atoms with Crippen LogP contribution in [0.3, 0.4) is 0 Å². The molecule has 0 aliphatic heterocycles. The predicted octanol–water partition coefficient (Wildman–Crippen LogP) is 3.61. The first-order chi connectivity index (χ1) is 16.1. The summed E-state index contributed by atoms with van der Waals surface area (Å²) >= 11 is 0. The van der Waals surface area contributed by atoms with Crippen molar-refractivity contribution in [3.8, 4) is 0 Å². The van der Waals surface area contributed by atoms with E-state index in [1.807, 2.05) is 43.3 Å². The summed E-state index contributed by atoms with van der Waals surface area (Å²) in [5.41, 5.74) is 3.37. The number of nitro groups is 1. The molecule has 0 amide bonds. The number of carboxylic acid groups (broad SMARTS) is 1. The fourth-order valence-electron chi connectivity index (χ4n) is 2.93. The predicted molar refractivity (Wildman–Crippen MR) is 129 cm³/mol. The summed E-state index contributed by atoms with van der Waals surface area (Å²) in [6.07, 6.45) is 1.46. The molecule has 0 unspecified atom stereocenters. The molecule has 176 valence electrons. The molecule has 0 aliphatic carbocycles. The van der Waals surface area contributed by atoms with Crippen LogP contribution in [0.2, 0.25) is 0 Å². The maximum atomic E-state index is 13.1. The fraction of sp³-hybridized carbons (Fsp3) is 0.0909. The van der Waals surface area contributed by atoms with Crippen LogP contribution in [0.15, 0.2) is 76.7 Å². The van der Waals surface area contributed by atoms with Gasteiger partial charge >= 0.3 is 5.97 Å². The monoisotopic (exact) mass is 483 g/mol. The molecule has 0 saturated carbocycles. The second kappa shape index (κ2) is 10.0. The van der Waals surface area contributed by atoms with E-state index in [0.29, 0.717) is 0 Å². The Morgan fingerprint density at radius 3 is 2.35 bits per heavy atom. The first kappa shape index (κ1) is 24.2. The smallest absolute Gasteiger partial charge is 0.337 e. The van der Waals surface area contributed by atoms with Crippen LogP contribution in [-0.4, -0.2) is 44.7 Å². The number of nitro benzene ring substituents is 1. The van der Waals surface area contributed by atoms with Crippen molar-refractivity contribution in [3.05, 3.63) is 88.0 Å². The molecular weight excluding hydrogens is 462 g/mol. The van der Waals surface area contributed by atoms with Crippen LogP contribution in [0.5, 0.6) is 0 Å². The molecule has 12 heteroatoms. The van der Waals surface area contributed by atoms with E-state index in [-0.39, 0.29) is 16.9 Å². The number of sulfonamides is 1. The average Bonchev–Trinajstić information content (AvgIpc) is 2.79. The SMILES string of the molecule is CN(C)c1ccc(/C=N\Nc2ccc([N+](=O)[O-])cc2S(=O)(=O)Nc2ccccc2C(=O)O)cc1. The van der Waals surface area contributed by atoms with Gasteiger partial charge in [0.05, 0.1) is 28.1 Å². The molecule has 3 aromatic rings. The van der Waals surface area contributed by atoms with Gasteiger partial charge in [-0.2, -0.15) is 5.10 Å². The number of carboxylic acids is 1. The van der Waals surface area contributed by atoms with E-state index in [1.165, 1.54) is 36.5 Å². The lowest BCUT2D eigenvalue weighted by molar-refractivity contribution is -0.385. The van der Waals surface area contributed by atoms with Gasteiger partial charge < -0.3 is 10.0 Å². The molecule has 34 heavy (non-hydrogen) atoms. The van der Waals surface area contributed by atoms with E-state index in [4.69, 9.17) is 0 Å². The maximum absolute atomic E-state index is 13.1. The number of rotatable bonds is 9. The Morgan fingerprint density at radius 1 is 1.06 bits per heavy atom. The van der Waals surface area contributed by atoms with Crippen LogP contribution >= 0.6 is 0 Å². The Labute approximate surface area is 195 Å². The molecule has 0 bridgehead atoms. The molecule has 0 fully saturated rings. The molecular formula is C22H21N5O6S. The van der Waals surface area contributed by atoms with Crippen molar-refractivity contribution in [2.75, 3.05) is 29.1 Å². The normalized spacial score (nSPS) is 11.2. The van der Waals surface area contributed by atoms with E-state index in [2.05, 4.69) is 15.2 Å². The summed E-state index contributed by atoms with van der Waals surface area (Å²) in [4.78, 5) is 23.4. The lowest BCUT2D eigenvalue weighted by Gasteiger charge is -2.13. The minimum Gasteiger partial charge on any atom is -0.478 e. The number of aromatic carboxylic acids is 1. The Hall–Kier alpha value is -4.45. The van der Waals surface area contributed by atoms with E-state index in [0.717, 1.165) is 23.4 Å². The lowest BCUT2D eigenvalue weighted by Crippen LogP contribution is -2.17. The Kier molecular flexibility index (Phi) is 7.12. The molecule has 0 radical (unpaired) electrons. The zero-order chi connectivity index (χ0) is 24.9. The fourth-order valence-corrected chi connectivity index (χ4v) is 4.19. The summed E-state index contributed by atoms with van der Waals surface area (Å²) in [5, 5.41) is 24.6. The second-order valence-electron chi connectivity index (χ2n) is 7.25. The van der Waals surface area contributed by atoms with Gasteiger partial charge in [-0.3, -0.25) is 20.3 Å². The third-order valence-corrected chi connectivity index (χ3v) is 6.08. The number of hydrogen-bond donors (Lipinski definition) is 3. The first-order valence-electron chi connectivity index (χ1n) is 9.78. The van der Waals surface area contributed by atoms with Crippen LogP contribution in [0.4, 0.5) is 22.7 Å². The van der Waals surface area contributed by atoms with Gasteiger partial charge in [0, 0.05) is 31.9 Å². The zero-order valence-electron chi connectivity index (χ0n) is 18.2. The number of benzene rings is 3. The maximum Gasteiger partial charge on any atom is 0.337 e. The van der Waals surface area contributed by atoms with Gasteiger partial charge in [0.1, 0.15) is 4.90 Å². The first-order valence-corrected chi connectivity index (χ1v) is 11.3. The second-order valence-corrected chi connectivity index (χ2v) is 8.90. The third-order valence-electron chi connectivity index (χ3n) is 4.68. The highest BCUT2D eigenvalue weighted by Crippen LogP contribution is 2.29. The van der Waals surface area contributed by atoms with E-state index in [1.54, 1.807) is 0 Å². The van der Waals surface area contributed by atoms with Crippen molar-refractivity contribution in [1.29, 1.82) is 0 Å². The molecule has 11 nitrogen and oxygen atoms in total. The van der Waals surface area contributed by atoms with Crippen molar-refractivity contribution in [3.63, 3.8) is 0 Å². The van der Waals surface area contributed by atoms with E-state index >= 15 is 0 Å². The molecule has 3 rings (SSSR count). The van der Waals surface area contributed by atoms with Crippen LogP contribution < -0.4 is 15.0 Å².